The fraction of sp³-hybridized carbons (Fsp3) is 0.533. The van der Waals surface area contributed by atoms with Gasteiger partial charge in [-0.3, -0.25) is 4.79 Å². The van der Waals surface area contributed by atoms with Gasteiger partial charge < -0.3 is 19.7 Å². The minimum atomic E-state index is -4.05. The van der Waals surface area contributed by atoms with Gasteiger partial charge in [0.2, 0.25) is 10.0 Å². The Morgan fingerprint density at radius 2 is 1.92 bits per heavy atom. The van der Waals surface area contributed by atoms with Crippen LogP contribution < -0.4 is 19.9 Å². The first-order valence-electron chi connectivity index (χ1n) is 7.70. The number of hydrogen-bond donors (Lipinski definition) is 2. The Bertz CT molecular complexity index is 739. The lowest BCUT2D eigenvalue weighted by atomic mass is 10.1. The molecule has 132 valence electrons. The highest BCUT2D eigenvalue weighted by atomic mass is 32.2. The van der Waals surface area contributed by atoms with Crippen molar-refractivity contribution in [3.8, 4) is 11.5 Å². The molecule has 1 amide bonds. The number of carbonyl (C=O) groups excluding carboxylic acids is 1. The van der Waals surface area contributed by atoms with Gasteiger partial charge in [0, 0.05) is 24.2 Å². The molecule has 2 atom stereocenters. The average Bonchev–Trinajstić information content (AvgIpc) is 3.31. The number of ether oxygens (including phenoxy) is 2. The molecule has 0 spiro atoms. The van der Waals surface area contributed by atoms with Crippen molar-refractivity contribution in [2.24, 2.45) is 5.14 Å². The van der Waals surface area contributed by atoms with E-state index in [4.69, 9.17) is 14.6 Å². The maximum atomic E-state index is 12.9. The lowest BCUT2D eigenvalue weighted by Crippen LogP contribution is -2.35. The van der Waals surface area contributed by atoms with Gasteiger partial charge in [0.25, 0.3) is 5.91 Å². The van der Waals surface area contributed by atoms with Gasteiger partial charge in [-0.25, -0.2) is 13.6 Å². The highest BCUT2D eigenvalue weighted by molar-refractivity contribution is 7.89. The van der Waals surface area contributed by atoms with E-state index in [9.17, 15) is 13.2 Å². The summed E-state index contributed by atoms with van der Waals surface area (Å²) >= 11 is 0. The SMILES string of the molecule is COc1cc(C(=O)N2CCCNC3CC32)cc(OC)c1S(N)(=O)=O. The van der Waals surface area contributed by atoms with Gasteiger partial charge in [0.15, 0.2) is 4.90 Å². The summed E-state index contributed by atoms with van der Waals surface area (Å²) in [6.07, 6.45) is 1.82. The van der Waals surface area contributed by atoms with E-state index >= 15 is 0 Å². The average molecular weight is 355 g/mol. The summed E-state index contributed by atoms with van der Waals surface area (Å²) in [5, 5.41) is 8.63. The minimum absolute atomic E-state index is 0.000457. The van der Waals surface area contributed by atoms with E-state index in [0.717, 1.165) is 19.4 Å². The van der Waals surface area contributed by atoms with Crippen LogP contribution in [0.1, 0.15) is 23.2 Å². The summed E-state index contributed by atoms with van der Waals surface area (Å²) in [5.74, 6) is -0.162. The van der Waals surface area contributed by atoms with E-state index in [1.807, 2.05) is 4.90 Å². The second-order valence-corrected chi connectivity index (χ2v) is 7.47. The molecular formula is C15H21N3O5S. The van der Waals surface area contributed by atoms with Crippen LogP contribution in [0.4, 0.5) is 0 Å². The molecular weight excluding hydrogens is 334 g/mol. The first-order valence-corrected chi connectivity index (χ1v) is 9.24. The standard InChI is InChI=1S/C15H21N3O5S/c1-22-12-6-9(7-13(23-2)14(12)24(16,20)21)15(19)18-5-3-4-17-10-8-11(10)18/h6-7,10-11,17H,3-5,8H2,1-2H3,(H2,16,20,21). The maximum Gasteiger partial charge on any atom is 0.254 e. The van der Waals surface area contributed by atoms with Crippen molar-refractivity contribution in [3.05, 3.63) is 17.7 Å². The highest BCUT2D eigenvalue weighted by Crippen LogP contribution is 2.36. The molecule has 0 bridgehead atoms. The lowest BCUT2D eigenvalue weighted by Gasteiger charge is -2.22. The fourth-order valence-corrected chi connectivity index (χ4v) is 4.00. The number of nitrogens with one attached hydrogen (secondary N) is 1. The fourth-order valence-electron chi connectivity index (χ4n) is 3.15. The molecule has 2 unspecified atom stereocenters. The van der Waals surface area contributed by atoms with E-state index in [-0.39, 0.29) is 28.3 Å². The number of amides is 1. The summed E-state index contributed by atoms with van der Waals surface area (Å²) in [4.78, 5) is 14.5. The largest absolute Gasteiger partial charge is 0.495 e. The zero-order valence-corrected chi connectivity index (χ0v) is 14.4. The Hall–Kier alpha value is -1.84. The predicted octanol–water partition coefficient (Wildman–Crippen LogP) is -0.0724. The van der Waals surface area contributed by atoms with Crippen LogP contribution in [0, 0.1) is 0 Å². The third-order valence-corrected chi connectivity index (χ3v) is 5.36. The first-order chi connectivity index (χ1) is 11.4. The molecule has 24 heavy (non-hydrogen) atoms. The van der Waals surface area contributed by atoms with Gasteiger partial charge in [-0.15, -0.1) is 0 Å². The zero-order chi connectivity index (χ0) is 17.5. The summed E-state index contributed by atoms with van der Waals surface area (Å²) in [7, 11) is -1.40. The number of fused-ring (bicyclic) bond motifs is 1. The smallest absolute Gasteiger partial charge is 0.254 e. The van der Waals surface area contributed by atoms with Crippen molar-refractivity contribution < 1.29 is 22.7 Å². The number of methoxy groups -OCH3 is 2. The number of nitrogens with zero attached hydrogens (tertiary/aromatic N) is 1. The van der Waals surface area contributed by atoms with Gasteiger partial charge in [0.05, 0.1) is 14.2 Å². The van der Waals surface area contributed by atoms with Gasteiger partial charge in [0.1, 0.15) is 11.5 Å². The molecule has 1 heterocycles. The Labute approximate surface area is 141 Å². The first kappa shape index (κ1) is 17.0. The van der Waals surface area contributed by atoms with E-state index in [1.54, 1.807) is 0 Å². The molecule has 3 rings (SSSR count). The van der Waals surface area contributed by atoms with E-state index in [2.05, 4.69) is 5.32 Å². The molecule has 1 aromatic carbocycles. The third-order valence-electron chi connectivity index (χ3n) is 4.39. The van der Waals surface area contributed by atoms with E-state index in [0.29, 0.717) is 18.2 Å². The predicted molar refractivity (Wildman–Crippen MR) is 86.8 cm³/mol. The van der Waals surface area contributed by atoms with Crippen molar-refractivity contribution in [3.63, 3.8) is 0 Å². The van der Waals surface area contributed by atoms with E-state index in [1.165, 1.54) is 26.4 Å². The number of benzene rings is 1. The molecule has 3 N–H and O–H groups in total. The Morgan fingerprint density at radius 3 is 2.46 bits per heavy atom. The van der Waals surface area contributed by atoms with Gasteiger partial charge in [-0.2, -0.15) is 0 Å². The molecule has 9 heteroatoms. The van der Waals surface area contributed by atoms with Crippen LogP contribution in [0.3, 0.4) is 0 Å². The molecule has 1 saturated heterocycles. The second kappa shape index (κ2) is 6.23. The number of primary sulfonamides is 1. The summed E-state index contributed by atoms with van der Waals surface area (Å²) in [6.45, 7) is 1.55. The van der Waals surface area contributed by atoms with Gasteiger partial charge >= 0.3 is 0 Å². The minimum Gasteiger partial charge on any atom is -0.495 e. The van der Waals surface area contributed by atoms with Crippen LogP contribution in [0.5, 0.6) is 11.5 Å². The number of hydrogen-bond acceptors (Lipinski definition) is 6. The van der Waals surface area contributed by atoms with Crippen molar-refractivity contribution in [2.75, 3.05) is 27.3 Å². The Balaban J connectivity index is 2.00. The summed E-state index contributed by atoms with van der Waals surface area (Å²) < 4.78 is 33.9. The lowest BCUT2D eigenvalue weighted by molar-refractivity contribution is 0.0744. The number of carbonyl (C=O) groups is 1. The van der Waals surface area contributed by atoms with Crippen LogP contribution >= 0.6 is 0 Å². The molecule has 0 aromatic heterocycles. The van der Waals surface area contributed by atoms with Crippen LogP contribution in [0.2, 0.25) is 0 Å². The quantitative estimate of drug-likeness (QED) is 0.782. The second-order valence-electron chi connectivity index (χ2n) is 5.97. The monoisotopic (exact) mass is 355 g/mol. The molecule has 1 aliphatic carbocycles. The number of nitrogens with two attached hydrogens (primary N) is 1. The normalized spacial score (nSPS) is 23.2. The zero-order valence-electron chi connectivity index (χ0n) is 13.6. The Kier molecular flexibility index (Phi) is 4.41. The maximum absolute atomic E-state index is 12.9. The number of sulfonamides is 1. The molecule has 1 saturated carbocycles. The van der Waals surface area contributed by atoms with Crippen molar-refractivity contribution in [1.29, 1.82) is 0 Å². The molecule has 1 aliphatic heterocycles. The topological polar surface area (TPSA) is 111 Å². The molecule has 1 aromatic rings. The molecule has 2 fully saturated rings. The Morgan fingerprint density at radius 1 is 1.29 bits per heavy atom. The van der Waals surface area contributed by atoms with Crippen LogP contribution in [0.15, 0.2) is 17.0 Å². The van der Waals surface area contributed by atoms with Crippen molar-refractivity contribution >= 4 is 15.9 Å². The highest BCUT2D eigenvalue weighted by Gasteiger charge is 2.45. The van der Waals surface area contributed by atoms with Crippen LogP contribution in [-0.4, -0.2) is 58.6 Å². The summed E-state index contributed by atoms with van der Waals surface area (Å²) in [5.41, 5.74) is 0.323. The molecule has 2 aliphatic rings. The van der Waals surface area contributed by atoms with Crippen molar-refractivity contribution in [1.82, 2.24) is 10.2 Å². The number of rotatable bonds is 4. The van der Waals surface area contributed by atoms with Crippen molar-refractivity contribution in [2.45, 2.75) is 29.8 Å². The molecule has 8 nitrogen and oxygen atoms in total. The van der Waals surface area contributed by atoms with Gasteiger partial charge in [-0.05, 0) is 31.5 Å². The van der Waals surface area contributed by atoms with Crippen LogP contribution in [0.25, 0.3) is 0 Å². The van der Waals surface area contributed by atoms with Gasteiger partial charge in [-0.1, -0.05) is 0 Å². The molecule has 0 radical (unpaired) electrons. The van der Waals surface area contributed by atoms with Crippen LogP contribution in [-0.2, 0) is 10.0 Å². The third kappa shape index (κ3) is 3.06. The summed E-state index contributed by atoms with van der Waals surface area (Å²) in [6, 6.07) is 3.35. The van der Waals surface area contributed by atoms with E-state index < -0.39 is 10.0 Å².